The molecule has 0 unspecified atom stereocenters. The molecule has 0 aliphatic rings. The lowest BCUT2D eigenvalue weighted by molar-refractivity contribution is 0.905. The molecule has 26 heavy (non-hydrogen) atoms. The first-order chi connectivity index (χ1) is 12.7. The number of hydrogen-bond acceptors (Lipinski definition) is 4. The summed E-state index contributed by atoms with van der Waals surface area (Å²) in [6.45, 7) is 6.24. The number of nitrogens with zero attached hydrogens (tertiary/aromatic N) is 4. The Morgan fingerprint density at radius 2 is 1.65 bits per heavy atom. The molecule has 5 heteroatoms. The zero-order chi connectivity index (χ0) is 18.1. The number of hydrogen-bond donors (Lipinski definition) is 1. The van der Waals surface area contributed by atoms with Crippen LogP contribution in [-0.2, 0) is 6.42 Å². The summed E-state index contributed by atoms with van der Waals surface area (Å²) in [5.74, 6) is 2.21. The Kier molecular flexibility index (Phi) is 4.13. The van der Waals surface area contributed by atoms with Gasteiger partial charge in [-0.25, -0.2) is 4.98 Å². The normalized spacial score (nSPS) is 11.0. The number of anilines is 2. The van der Waals surface area contributed by atoms with Crippen molar-refractivity contribution in [2.24, 2.45) is 0 Å². The molecule has 2 aromatic carbocycles. The molecule has 0 bridgehead atoms. The Bertz CT molecular complexity index is 1050. The van der Waals surface area contributed by atoms with E-state index < -0.39 is 0 Å². The van der Waals surface area contributed by atoms with Gasteiger partial charge in [0.1, 0.15) is 5.82 Å². The van der Waals surface area contributed by atoms with Gasteiger partial charge in [-0.15, -0.1) is 5.10 Å². The second-order valence-electron chi connectivity index (χ2n) is 6.38. The highest BCUT2D eigenvalue weighted by molar-refractivity contribution is 5.65. The van der Waals surface area contributed by atoms with Gasteiger partial charge in [0, 0.05) is 22.5 Å². The van der Waals surface area contributed by atoms with E-state index in [0.717, 1.165) is 34.7 Å². The standard InChI is InChI=1S/C21H21N5/c1-4-18-15(3)22-21-24-19(16-8-6-5-7-9-16)25-26(21)20(18)23-17-12-10-14(2)11-13-17/h5-13,23H,4H2,1-3H3. The van der Waals surface area contributed by atoms with E-state index in [1.165, 1.54) is 5.56 Å². The van der Waals surface area contributed by atoms with Crippen molar-refractivity contribution >= 4 is 17.3 Å². The van der Waals surface area contributed by atoms with Crippen molar-refractivity contribution < 1.29 is 0 Å². The van der Waals surface area contributed by atoms with E-state index in [1.807, 2.05) is 41.8 Å². The Balaban J connectivity index is 1.88. The predicted molar refractivity (Wildman–Crippen MR) is 105 cm³/mol. The van der Waals surface area contributed by atoms with Crippen LogP contribution < -0.4 is 5.32 Å². The highest BCUT2D eigenvalue weighted by atomic mass is 15.4. The topological polar surface area (TPSA) is 55.1 Å². The molecule has 1 N–H and O–H groups in total. The molecule has 0 amide bonds. The molecule has 4 rings (SSSR count). The molecule has 0 fully saturated rings. The molecular weight excluding hydrogens is 322 g/mol. The summed E-state index contributed by atoms with van der Waals surface area (Å²) in [6, 6.07) is 18.3. The molecule has 0 aliphatic heterocycles. The monoisotopic (exact) mass is 343 g/mol. The van der Waals surface area contributed by atoms with Crippen molar-refractivity contribution in [1.29, 1.82) is 0 Å². The van der Waals surface area contributed by atoms with Crippen LogP contribution in [0.2, 0.25) is 0 Å². The van der Waals surface area contributed by atoms with Crippen LogP contribution >= 0.6 is 0 Å². The fourth-order valence-electron chi connectivity index (χ4n) is 3.08. The minimum Gasteiger partial charge on any atom is -0.340 e. The van der Waals surface area contributed by atoms with Gasteiger partial charge in [0.25, 0.3) is 5.78 Å². The number of rotatable bonds is 4. The minimum atomic E-state index is 0.605. The number of benzene rings is 2. The lowest BCUT2D eigenvalue weighted by Gasteiger charge is -2.14. The summed E-state index contributed by atoms with van der Waals surface area (Å²) in [5.41, 5.74) is 5.35. The summed E-state index contributed by atoms with van der Waals surface area (Å²) in [5, 5.41) is 8.25. The maximum Gasteiger partial charge on any atom is 0.254 e. The average Bonchev–Trinajstić information content (AvgIpc) is 3.08. The third-order valence-electron chi connectivity index (χ3n) is 4.49. The Morgan fingerprint density at radius 3 is 2.35 bits per heavy atom. The molecule has 130 valence electrons. The molecule has 5 nitrogen and oxygen atoms in total. The van der Waals surface area contributed by atoms with Gasteiger partial charge in [0.2, 0.25) is 0 Å². The summed E-state index contributed by atoms with van der Waals surface area (Å²) in [7, 11) is 0. The van der Waals surface area contributed by atoms with Crippen molar-refractivity contribution in [2.75, 3.05) is 5.32 Å². The zero-order valence-corrected chi connectivity index (χ0v) is 15.2. The summed E-state index contributed by atoms with van der Waals surface area (Å²) in [4.78, 5) is 9.29. The van der Waals surface area contributed by atoms with Crippen LogP contribution in [0.3, 0.4) is 0 Å². The van der Waals surface area contributed by atoms with E-state index in [-0.39, 0.29) is 0 Å². The molecule has 4 aromatic rings. The Hall–Kier alpha value is -3.21. The second-order valence-corrected chi connectivity index (χ2v) is 6.38. The smallest absolute Gasteiger partial charge is 0.254 e. The van der Waals surface area contributed by atoms with Gasteiger partial charge in [-0.05, 0) is 32.4 Å². The first-order valence-corrected chi connectivity index (χ1v) is 8.81. The van der Waals surface area contributed by atoms with Crippen LogP contribution in [0.15, 0.2) is 54.6 Å². The second kappa shape index (κ2) is 6.59. The van der Waals surface area contributed by atoms with Gasteiger partial charge < -0.3 is 5.32 Å². The lowest BCUT2D eigenvalue weighted by Crippen LogP contribution is -2.08. The Labute approximate surface area is 152 Å². The fraction of sp³-hybridized carbons (Fsp3) is 0.190. The maximum absolute atomic E-state index is 4.73. The highest BCUT2D eigenvalue weighted by Gasteiger charge is 2.16. The van der Waals surface area contributed by atoms with Crippen molar-refractivity contribution in [3.8, 4) is 11.4 Å². The van der Waals surface area contributed by atoms with Crippen LogP contribution in [0.25, 0.3) is 17.2 Å². The van der Waals surface area contributed by atoms with E-state index in [1.54, 1.807) is 0 Å². The van der Waals surface area contributed by atoms with E-state index in [0.29, 0.717) is 11.6 Å². The minimum absolute atomic E-state index is 0.605. The van der Waals surface area contributed by atoms with Crippen molar-refractivity contribution in [1.82, 2.24) is 19.6 Å². The molecule has 0 atom stereocenters. The van der Waals surface area contributed by atoms with Crippen LogP contribution in [0.1, 0.15) is 23.7 Å². The molecule has 0 saturated carbocycles. The summed E-state index contributed by atoms with van der Waals surface area (Å²) < 4.78 is 1.81. The molecule has 0 radical (unpaired) electrons. The highest BCUT2D eigenvalue weighted by Crippen LogP contribution is 2.26. The molecule has 0 aliphatic carbocycles. The van der Waals surface area contributed by atoms with Crippen LogP contribution in [0.4, 0.5) is 11.5 Å². The number of aryl methyl sites for hydroxylation is 2. The molecule has 2 heterocycles. The van der Waals surface area contributed by atoms with E-state index in [2.05, 4.69) is 53.4 Å². The van der Waals surface area contributed by atoms with Gasteiger partial charge in [0.05, 0.1) is 0 Å². The van der Waals surface area contributed by atoms with E-state index >= 15 is 0 Å². The Morgan fingerprint density at radius 1 is 0.923 bits per heavy atom. The zero-order valence-electron chi connectivity index (χ0n) is 15.2. The van der Waals surface area contributed by atoms with Gasteiger partial charge >= 0.3 is 0 Å². The number of aromatic nitrogens is 4. The average molecular weight is 343 g/mol. The van der Waals surface area contributed by atoms with E-state index in [4.69, 9.17) is 5.10 Å². The third kappa shape index (κ3) is 2.92. The van der Waals surface area contributed by atoms with Gasteiger partial charge in [-0.1, -0.05) is 55.0 Å². The molecule has 2 aromatic heterocycles. The third-order valence-corrected chi connectivity index (χ3v) is 4.49. The van der Waals surface area contributed by atoms with Crippen LogP contribution in [0.5, 0.6) is 0 Å². The first-order valence-electron chi connectivity index (χ1n) is 8.81. The number of nitrogens with one attached hydrogen (secondary N) is 1. The van der Waals surface area contributed by atoms with Crippen molar-refractivity contribution in [2.45, 2.75) is 27.2 Å². The van der Waals surface area contributed by atoms with Gasteiger partial charge in [-0.2, -0.15) is 9.50 Å². The number of fused-ring (bicyclic) bond motifs is 1. The van der Waals surface area contributed by atoms with Crippen LogP contribution in [0, 0.1) is 13.8 Å². The maximum atomic E-state index is 4.73. The SMILES string of the molecule is CCc1c(C)nc2nc(-c3ccccc3)nn2c1Nc1ccc(C)cc1. The largest absolute Gasteiger partial charge is 0.340 e. The van der Waals surface area contributed by atoms with Gasteiger partial charge in [-0.3, -0.25) is 0 Å². The quantitative estimate of drug-likeness (QED) is 0.583. The molecular formula is C21H21N5. The molecule has 0 spiro atoms. The van der Waals surface area contributed by atoms with Crippen molar-refractivity contribution in [3.63, 3.8) is 0 Å². The summed E-state index contributed by atoms with van der Waals surface area (Å²) in [6.07, 6.45) is 0.865. The fourth-order valence-corrected chi connectivity index (χ4v) is 3.08. The van der Waals surface area contributed by atoms with E-state index in [9.17, 15) is 0 Å². The van der Waals surface area contributed by atoms with Gasteiger partial charge in [0.15, 0.2) is 5.82 Å². The molecule has 0 saturated heterocycles. The van der Waals surface area contributed by atoms with Crippen molar-refractivity contribution in [3.05, 3.63) is 71.4 Å². The lowest BCUT2D eigenvalue weighted by atomic mass is 10.1. The van der Waals surface area contributed by atoms with Crippen LogP contribution in [-0.4, -0.2) is 19.6 Å². The summed E-state index contributed by atoms with van der Waals surface area (Å²) >= 11 is 0. The predicted octanol–water partition coefficient (Wildman–Crippen LogP) is 4.71. The first kappa shape index (κ1) is 16.3.